The number of benzene rings is 3. The summed E-state index contributed by atoms with van der Waals surface area (Å²) in [5.74, 6) is -0.358. The van der Waals surface area contributed by atoms with Crippen molar-refractivity contribution in [1.29, 1.82) is 0 Å². The molecule has 0 spiro atoms. The van der Waals surface area contributed by atoms with Crippen molar-refractivity contribution in [2.45, 2.75) is 0 Å². The van der Waals surface area contributed by atoms with Crippen LogP contribution in [0, 0.1) is 0 Å². The van der Waals surface area contributed by atoms with Crippen LogP contribution < -0.4 is 15.4 Å². The molecule has 160 valence electrons. The van der Waals surface area contributed by atoms with E-state index in [9.17, 15) is 14.7 Å². The van der Waals surface area contributed by atoms with Gasteiger partial charge in [-0.3, -0.25) is 14.9 Å². The number of amides is 2. The average Bonchev–Trinajstić information content (AvgIpc) is 3.28. The van der Waals surface area contributed by atoms with E-state index in [2.05, 4.69) is 20.8 Å². The summed E-state index contributed by atoms with van der Waals surface area (Å²) < 4.78 is 10.6. The monoisotopic (exact) mass is 430 g/mol. The molecule has 9 nitrogen and oxygen atoms in total. The number of phenols is 1. The summed E-state index contributed by atoms with van der Waals surface area (Å²) in [5.41, 5.74) is 1.19. The van der Waals surface area contributed by atoms with Crippen LogP contribution in [0.25, 0.3) is 11.5 Å². The summed E-state index contributed by atoms with van der Waals surface area (Å²) in [4.78, 5) is 25.3. The predicted octanol–water partition coefficient (Wildman–Crippen LogP) is 3.96. The predicted molar refractivity (Wildman–Crippen MR) is 117 cm³/mol. The van der Waals surface area contributed by atoms with Crippen molar-refractivity contribution in [3.8, 4) is 23.0 Å². The molecule has 0 fully saturated rings. The van der Waals surface area contributed by atoms with Crippen LogP contribution in [-0.2, 0) is 0 Å². The van der Waals surface area contributed by atoms with Gasteiger partial charge in [0, 0.05) is 5.56 Å². The van der Waals surface area contributed by atoms with Gasteiger partial charge in [-0.1, -0.05) is 29.4 Å². The number of aromatic nitrogens is 2. The molecule has 9 heteroatoms. The SMILES string of the molecule is COc1ccc(-c2nnc(NC(=O)c3ccccc3NC(=O)c3ccccc3O)o2)cc1. The smallest absolute Gasteiger partial charge is 0.322 e. The Hall–Kier alpha value is -4.66. The first-order valence-corrected chi connectivity index (χ1v) is 9.53. The fourth-order valence-electron chi connectivity index (χ4n) is 2.93. The number of aromatic hydroxyl groups is 1. The number of nitrogens with one attached hydrogen (secondary N) is 2. The fraction of sp³-hybridized carbons (Fsp3) is 0.0435. The topological polar surface area (TPSA) is 127 Å². The van der Waals surface area contributed by atoms with E-state index in [0.717, 1.165) is 0 Å². The van der Waals surface area contributed by atoms with Gasteiger partial charge in [0.2, 0.25) is 5.89 Å². The molecule has 0 bridgehead atoms. The number of rotatable bonds is 6. The molecule has 0 radical (unpaired) electrons. The maximum absolute atomic E-state index is 12.8. The minimum absolute atomic E-state index is 0.0868. The zero-order valence-electron chi connectivity index (χ0n) is 16.9. The summed E-state index contributed by atoms with van der Waals surface area (Å²) in [6.45, 7) is 0. The van der Waals surface area contributed by atoms with Crippen LogP contribution in [0.5, 0.6) is 11.5 Å². The van der Waals surface area contributed by atoms with Crippen molar-refractivity contribution in [2.75, 3.05) is 17.7 Å². The van der Waals surface area contributed by atoms with Crippen molar-refractivity contribution in [2.24, 2.45) is 0 Å². The molecule has 3 aromatic carbocycles. The highest BCUT2D eigenvalue weighted by Crippen LogP contribution is 2.24. The van der Waals surface area contributed by atoms with Gasteiger partial charge in [0.05, 0.1) is 23.9 Å². The minimum atomic E-state index is -0.553. The van der Waals surface area contributed by atoms with Gasteiger partial charge in [0.1, 0.15) is 11.5 Å². The van der Waals surface area contributed by atoms with Gasteiger partial charge >= 0.3 is 6.01 Å². The molecule has 0 aliphatic heterocycles. The third-order valence-corrected chi connectivity index (χ3v) is 4.55. The van der Waals surface area contributed by atoms with Gasteiger partial charge in [-0.15, -0.1) is 5.10 Å². The largest absolute Gasteiger partial charge is 0.507 e. The highest BCUT2D eigenvalue weighted by Gasteiger charge is 2.18. The molecule has 0 atom stereocenters. The van der Waals surface area contributed by atoms with Crippen LogP contribution in [0.2, 0.25) is 0 Å². The van der Waals surface area contributed by atoms with E-state index < -0.39 is 11.8 Å². The van der Waals surface area contributed by atoms with Crippen molar-refractivity contribution in [3.05, 3.63) is 83.9 Å². The maximum Gasteiger partial charge on any atom is 0.322 e. The summed E-state index contributed by atoms with van der Waals surface area (Å²) in [6.07, 6.45) is 0. The molecule has 0 unspecified atom stereocenters. The van der Waals surface area contributed by atoms with Gasteiger partial charge in [-0.25, -0.2) is 0 Å². The summed E-state index contributed by atoms with van der Waals surface area (Å²) >= 11 is 0. The number of phenolic OH excluding ortho intramolecular Hbond substituents is 1. The van der Waals surface area contributed by atoms with E-state index in [0.29, 0.717) is 11.3 Å². The highest BCUT2D eigenvalue weighted by molar-refractivity contribution is 6.12. The van der Waals surface area contributed by atoms with E-state index in [4.69, 9.17) is 9.15 Å². The van der Waals surface area contributed by atoms with Gasteiger partial charge in [-0.05, 0) is 48.5 Å². The number of anilines is 2. The number of carbonyl (C=O) groups is 2. The van der Waals surface area contributed by atoms with Gasteiger partial charge in [-0.2, -0.15) is 0 Å². The van der Waals surface area contributed by atoms with E-state index in [1.165, 1.54) is 18.2 Å². The lowest BCUT2D eigenvalue weighted by Gasteiger charge is -2.11. The molecule has 1 heterocycles. The Kier molecular flexibility index (Phi) is 5.80. The molecule has 4 rings (SSSR count). The first-order valence-electron chi connectivity index (χ1n) is 9.53. The van der Waals surface area contributed by atoms with Crippen LogP contribution in [0.15, 0.2) is 77.2 Å². The first-order chi connectivity index (χ1) is 15.5. The number of para-hydroxylation sites is 2. The lowest BCUT2D eigenvalue weighted by molar-refractivity contribution is 0.102. The second-order valence-electron chi connectivity index (χ2n) is 6.61. The quantitative estimate of drug-likeness (QED) is 0.423. The summed E-state index contributed by atoms with van der Waals surface area (Å²) in [7, 11) is 1.57. The molecule has 0 aliphatic carbocycles. The van der Waals surface area contributed by atoms with Crippen LogP contribution in [0.3, 0.4) is 0 Å². The number of hydrogen-bond acceptors (Lipinski definition) is 7. The lowest BCUT2D eigenvalue weighted by atomic mass is 10.1. The van der Waals surface area contributed by atoms with E-state index >= 15 is 0 Å². The van der Waals surface area contributed by atoms with Crippen LogP contribution >= 0.6 is 0 Å². The molecule has 0 saturated carbocycles. The zero-order chi connectivity index (χ0) is 22.5. The van der Waals surface area contributed by atoms with Crippen LogP contribution in [0.1, 0.15) is 20.7 Å². The van der Waals surface area contributed by atoms with E-state index in [1.807, 2.05) is 0 Å². The Balaban J connectivity index is 1.50. The maximum atomic E-state index is 12.8. The third kappa shape index (κ3) is 4.41. The molecule has 32 heavy (non-hydrogen) atoms. The van der Waals surface area contributed by atoms with Crippen molar-refractivity contribution < 1.29 is 23.8 Å². The van der Waals surface area contributed by atoms with Crippen molar-refractivity contribution in [3.63, 3.8) is 0 Å². The third-order valence-electron chi connectivity index (χ3n) is 4.55. The van der Waals surface area contributed by atoms with Gasteiger partial charge in [0.15, 0.2) is 0 Å². The molecule has 1 aromatic heterocycles. The molecular weight excluding hydrogens is 412 g/mol. The molecule has 0 aliphatic rings. The standard InChI is InChI=1S/C23H18N4O5/c1-31-15-12-10-14(11-13-15)22-26-27-23(32-22)25-20(29)16-6-2-4-8-18(16)24-21(30)17-7-3-5-9-19(17)28/h2-13,28H,1H3,(H,24,30)(H,25,27,29). The Morgan fingerprint density at radius 2 is 1.50 bits per heavy atom. The summed E-state index contributed by atoms with van der Waals surface area (Å²) in [6, 6.07) is 19.5. The second kappa shape index (κ2) is 9.00. The molecule has 3 N–H and O–H groups in total. The molecule has 4 aromatic rings. The number of hydrogen-bond donors (Lipinski definition) is 3. The van der Waals surface area contributed by atoms with Crippen molar-refractivity contribution in [1.82, 2.24) is 10.2 Å². The van der Waals surface area contributed by atoms with Gasteiger partial charge < -0.3 is 19.6 Å². The number of carbonyl (C=O) groups excluding carboxylic acids is 2. The zero-order valence-corrected chi connectivity index (χ0v) is 16.9. The number of ether oxygens (including phenoxy) is 1. The van der Waals surface area contributed by atoms with Crippen molar-refractivity contribution >= 4 is 23.5 Å². The molecule has 0 saturated heterocycles. The Morgan fingerprint density at radius 1 is 0.844 bits per heavy atom. The fourth-order valence-corrected chi connectivity index (χ4v) is 2.93. The molecule has 2 amide bonds. The van der Waals surface area contributed by atoms with Crippen LogP contribution in [-0.4, -0.2) is 34.2 Å². The Bertz CT molecular complexity index is 1270. The lowest BCUT2D eigenvalue weighted by Crippen LogP contribution is -2.18. The normalized spacial score (nSPS) is 10.4. The second-order valence-corrected chi connectivity index (χ2v) is 6.61. The van der Waals surface area contributed by atoms with Gasteiger partial charge in [0.25, 0.3) is 11.8 Å². The van der Waals surface area contributed by atoms with E-state index in [1.54, 1.807) is 61.7 Å². The highest BCUT2D eigenvalue weighted by atomic mass is 16.5. The first kappa shape index (κ1) is 20.6. The van der Waals surface area contributed by atoms with Crippen LogP contribution in [0.4, 0.5) is 11.7 Å². The minimum Gasteiger partial charge on any atom is -0.507 e. The number of methoxy groups -OCH3 is 1. The summed E-state index contributed by atoms with van der Waals surface area (Å²) in [5, 5.41) is 22.8. The number of nitrogens with zero attached hydrogens (tertiary/aromatic N) is 2. The molecular formula is C23H18N4O5. The Labute approximate surface area is 182 Å². The average molecular weight is 430 g/mol. The van der Waals surface area contributed by atoms with E-state index in [-0.39, 0.29) is 34.5 Å². The Morgan fingerprint density at radius 3 is 2.22 bits per heavy atom.